The monoisotopic (exact) mass is 299 g/mol. The zero-order chi connectivity index (χ0) is 15.5. The van der Waals surface area contributed by atoms with Crippen molar-refractivity contribution in [2.75, 3.05) is 12.8 Å². The van der Waals surface area contributed by atoms with E-state index in [1.165, 1.54) is 19.1 Å². The third kappa shape index (κ3) is 4.06. The summed E-state index contributed by atoms with van der Waals surface area (Å²) in [5.74, 6) is -2.20. The van der Waals surface area contributed by atoms with Crippen molar-refractivity contribution < 1.29 is 23.1 Å². The van der Waals surface area contributed by atoms with Gasteiger partial charge in [0.05, 0.1) is 10.8 Å². The van der Waals surface area contributed by atoms with Gasteiger partial charge in [-0.3, -0.25) is 9.59 Å². The predicted octanol–water partition coefficient (Wildman–Crippen LogP) is 0.849. The Morgan fingerprint density at radius 3 is 2.45 bits per heavy atom. The summed E-state index contributed by atoms with van der Waals surface area (Å²) < 4.78 is 22.9. The van der Waals surface area contributed by atoms with Crippen molar-refractivity contribution in [3.8, 4) is 0 Å². The molecule has 1 aromatic carbocycles. The Labute approximate surface area is 117 Å². The predicted molar refractivity (Wildman–Crippen MR) is 73.4 cm³/mol. The molecule has 0 aliphatic carbocycles. The Hall–Kier alpha value is -1.89. The zero-order valence-corrected chi connectivity index (χ0v) is 12.3. The van der Waals surface area contributed by atoms with Crippen LogP contribution in [0.2, 0.25) is 0 Å². The van der Waals surface area contributed by atoms with Gasteiger partial charge in [0.25, 0.3) is 5.91 Å². The number of hydrogen-bond donors (Lipinski definition) is 2. The van der Waals surface area contributed by atoms with E-state index in [1.54, 1.807) is 13.0 Å². The second-order valence-electron chi connectivity index (χ2n) is 4.70. The number of nitrogens with one attached hydrogen (secondary N) is 1. The Kier molecular flexibility index (Phi) is 4.88. The van der Waals surface area contributed by atoms with Crippen LogP contribution in [0.5, 0.6) is 0 Å². The van der Waals surface area contributed by atoms with Crippen molar-refractivity contribution in [1.82, 2.24) is 5.32 Å². The highest BCUT2D eigenvalue weighted by atomic mass is 32.2. The maximum Gasteiger partial charge on any atom is 0.308 e. The van der Waals surface area contributed by atoms with E-state index < -0.39 is 27.6 Å². The van der Waals surface area contributed by atoms with E-state index in [0.29, 0.717) is 5.56 Å². The highest BCUT2D eigenvalue weighted by molar-refractivity contribution is 7.90. The molecule has 1 unspecified atom stereocenters. The summed E-state index contributed by atoms with van der Waals surface area (Å²) in [6, 6.07) is 4.28. The van der Waals surface area contributed by atoms with E-state index in [4.69, 9.17) is 5.11 Å². The number of hydrogen-bond acceptors (Lipinski definition) is 4. The van der Waals surface area contributed by atoms with E-state index >= 15 is 0 Å². The number of rotatable bonds is 5. The van der Waals surface area contributed by atoms with Crippen molar-refractivity contribution in [3.05, 3.63) is 29.3 Å². The third-order valence-corrected chi connectivity index (χ3v) is 3.98. The first-order valence-electron chi connectivity index (χ1n) is 5.94. The largest absolute Gasteiger partial charge is 0.481 e. The van der Waals surface area contributed by atoms with Crippen LogP contribution < -0.4 is 5.32 Å². The summed E-state index contributed by atoms with van der Waals surface area (Å²) in [7, 11) is -3.39. The lowest BCUT2D eigenvalue weighted by Crippen LogP contribution is -2.31. The molecule has 0 aliphatic rings. The van der Waals surface area contributed by atoms with E-state index in [-0.39, 0.29) is 17.0 Å². The van der Waals surface area contributed by atoms with Crippen LogP contribution in [0.25, 0.3) is 0 Å². The van der Waals surface area contributed by atoms with Gasteiger partial charge in [-0.1, -0.05) is 13.0 Å². The normalized spacial score (nSPS) is 12.8. The molecule has 110 valence electrons. The number of benzene rings is 1. The average Bonchev–Trinajstić information content (AvgIpc) is 2.34. The topological polar surface area (TPSA) is 101 Å². The highest BCUT2D eigenvalue weighted by Gasteiger charge is 2.16. The highest BCUT2D eigenvalue weighted by Crippen LogP contribution is 2.15. The molecule has 1 aromatic rings. The Morgan fingerprint density at radius 1 is 1.35 bits per heavy atom. The summed E-state index contributed by atoms with van der Waals surface area (Å²) >= 11 is 0. The van der Waals surface area contributed by atoms with Crippen LogP contribution in [-0.4, -0.2) is 38.2 Å². The van der Waals surface area contributed by atoms with Crippen LogP contribution in [0.15, 0.2) is 23.1 Å². The van der Waals surface area contributed by atoms with Crippen LogP contribution in [0, 0.1) is 12.8 Å². The van der Waals surface area contributed by atoms with Crippen molar-refractivity contribution >= 4 is 21.7 Å². The van der Waals surface area contributed by atoms with Gasteiger partial charge in [0.15, 0.2) is 9.84 Å². The molecule has 0 radical (unpaired) electrons. The van der Waals surface area contributed by atoms with Crippen LogP contribution in [0.1, 0.15) is 22.8 Å². The van der Waals surface area contributed by atoms with Gasteiger partial charge < -0.3 is 10.4 Å². The number of carbonyl (C=O) groups excluding carboxylic acids is 1. The summed E-state index contributed by atoms with van der Waals surface area (Å²) in [5.41, 5.74) is 0.850. The molecule has 0 saturated carbocycles. The lowest BCUT2D eigenvalue weighted by Gasteiger charge is -2.11. The minimum absolute atomic E-state index is 0.0172. The summed E-state index contributed by atoms with van der Waals surface area (Å²) in [6.45, 7) is 3.14. The fraction of sp³-hybridized carbons (Fsp3) is 0.385. The lowest BCUT2D eigenvalue weighted by molar-refractivity contribution is -0.140. The SMILES string of the molecule is Cc1ccc(S(C)(=O)=O)cc1C(=O)NCC(C)C(=O)O. The first kappa shape index (κ1) is 16.2. The molecular formula is C13H17NO5S. The fourth-order valence-corrected chi connectivity index (χ4v) is 2.15. The first-order valence-corrected chi connectivity index (χ1v) is 7.83. The Balaban J connectivity index is 2.96. The summed E-state index contributed by atoms with van der Waals surface area (Å²) in [6.07, 6.45) is 1.06. The van der Waals surface area contributed by atoms with Gasteiger partial charge in [-0.25, -0.2) is 8.42 Å². The lowest BCUT2D eigenvalue weighted by atomic mass is 10.1. The second kappa shape index (κ2) is 6.04. The Bertz CT molecular complexity index is 636. The summed E-state index contributed by atoms with van der Waals surface area (Å²) in [5, 5.41) is 11.2. The molecule has 0 aromatic heterocycles. The number of carbonyl (C=O) groups is 2. The first-order chi connectivity index (χ1) is 9.12. The molecule has 1 atom stereocenters. The van der Waals surface area contributed by atoms with Gasteiger partial charge in [0, 0.05) is 18.4 Å². The van der Waals surface area contributed by atoms with Gasteiger partial charge in [-0.15, -0.1) is 0 Å². The zero-order valence-electron chi connectivity index (χ0n) is 11.5. The molecule has 20 heavy (non-hydrogen) atoms. The van der Waals surface area contributed by atoms with Gasteiger partial charge >= 0.3 is 5.97 Å². The maximum absolute atomic E-state index is 12.0. The molecule has 0 aliphatic heterocycles. The maximum atomic E-state index is 12.0. The molecule has 0 heterocycles. The number of aliphatic carboxylic acids is 1. The third-order valence-electron chi connectivity index (χ3n) is 2.87. The molecule has 1 rings (SSSR count). The van der Waals surface area contributed by atoms with Gasteiger partial charge in [-0.2, -0.15) is 0 Å². The number of amides is 1. The van der Waals surface area contributed by atoms with Crippen LogP contribution >= 0.6 is 0 Å². The van der Waals surface area contributed by atoms with E-state index in [9.17, 15) is 18.0 Å². The smallest absolute Gasteiger partial charge is 0.308 e. The Morgan fingerprint density at radius 2 is 1.95 bits per heavy atom. The molecule has 0 bridgehead atoms. The van der Waals surface area contributed by atoms with E-state index in [2.05, 4.69) is 5.32 Å². The fourth-order valence-electron chi connectivity index (χ4n) is 1.50. The average molecular weight is 299 g/mol. The van der Waals surface area contributed by atoms with Crippen molar-refractivity contribution in [3.63, 3.8) is 0 Å². The summed E-state index contributed by atoms with van der Waals surface area (Å²) in [4.78, 5) is 22.7. The van der Waals surface area contributed by atoms with Gasteiger partial charge in [0.2, 0.25) is 0 Å². The van der Waals surface area contributed by atoms with Crippen LogP contribution in [0.3, 0.4) is 0 Å². The molecule has 1 amide bonds. The van der Waals surface area contributed by atoms with Crippen LogP contribution in [-0.2, 0) is 14.6 Å². The van der Waals surface area contributed by atoms with Crippen molar-refractivity contribution in [2.24, 2.45) is 5.92 Å². The minimum Gasteiger partial charge on any atom is -0.481 e. The van der Waals surface area contributed by atoms with Gasteiger partial charge in [-0.05, 0) is 24.6 Å². The quantitative estimate of drug-likeness (QED) is 0.839. The van der Waals surface area contributed by atoms with Crippen molar-refractivity contribution in [1.29, 1.82) is 0 Å². The van der Waals surface area contributed by atoms with Gasteiger partial charge in [0.1, 0.15) is 0 Å². The molecule has 0 fully saturated rings. The standard InChI is InChI=1S/C13H17NO5S/c1-8-4-5-10(20(3,18)19)6-11(8)12(15)14-7-9(2)13(16)17/h4-6,9H,7H2,1-3H3,(H,14,15)(H,16,17). The minimum atomic E-state index is -3.39. The van der Waals surface area contributed by atoms with E-state index in [1.807, 2.05) is 0 Å². The van der Waals surface area contributed by atoms with Crippen molar-refractivity contribution in [2.45, 2.75) is 18.7 Å². The molecule has 2 N–H and O–H groups in total. The molecule has 0 spiro atoms. The molecule has 6 nitrogen and oxygen atoms in total. The number of carboxylic acid groups (broad SMARTS) is 1. The molecular weight excluding hydrogens is 282 g/mol. The number of sulfone groups is 1. The molecule has 7 heteroatoms. The second-order valence-corrected chi connectivity index (χ2v) is 6.71. The number of carboxylic acids is 1. The van der Waals surface area contributed by atoms with E-state index in [0.717, 1.165) is 6.26 Å². The number of aryl methyl sites for hydroxylation is 1. The van der Waals surface area contributed by atoms with Crippen LogP contribution in [0.4, 0.5) is 0 Å². The molecule has 0 saturated heterocycles.